The molecule has 0 N–H and O–H groups in total. The highest BCUT2D eigenvalue weighted by Crippen LogP contribution is 2.23. The van der Waals surface area contributed by atoms with Crippen molar-refractivity contribution in [3.05, 3.63) is 52.8 Å². The second-order valence-corrected chi connectivity index (χ2v) is 7.39. The molecule has 7 heteroatoms. The summed E-state index contributed by atoms with van der Waals surface area (Å²) in [6, 6.07) is 9.94. The molecule has 4 rings (SSSR count). The van der Waals surface area contributed by atoms with Gasteiger partial charge in [-0.3, -0.25) is 9.48 Å². The largest absolute Gasteiger partial charge is 0.368 e. The zero-order chi connectivity index (χ0) is 19.0. The molecule has 0 radical (unpaired) electrons. The van der Waals surface area contributed by atoms with Crippen LogP contribution in [-0.4, -0.2) is 51.8 Å². The molecule has 0 spiro atoms. The van der Waals surface area contributed by atoms with Crippen LogP contribution < -0.4 is 4.90 Å². The highest BCUT2D eigenvalue weighted by atomic mass is 35.5. The number of carbonyl (C=O) groups is 1. The molecule has 0 aliphatic carbocycles. The third kappa shape index (κ3) is 3.76. The molecule has 1 aromatic carbocycles. The summed E-state index contributed by atoms with van der Waals surface area (Å²) in [6.45, 7) is 7.25. The summed E-state index contributed by atoms with van der Waals surface area (Å²) in [5.74, 6) is 0.0893. The van der Waals surface area contributed by atoms with Crippen molar-refractivity contribution in [2.24, 2.45) is 0 Å². The van der Waals surface area contributed by atoms with E-state index in [4.69, 9.17) is 11.6 Å². The number of piperazine rings is 1. The molecular formula is C20H22ClN5O. The highest BCUT2D eigenvalue weighted by Gasteiger charge is 2.22. The lowest BCUT2D eigenvalue weighted by Crippen LogP contribution is -2.49. The van der Waals surface area contributed by atoms with Crippen molar-refractivity contribution < 1.29 is 4.79 Å². The summed E-state index contributed by atoms with van der Waals surface area (Å²) in [7, 11) is 0. The van der Waals surface area contributed by atoms with Gasteiger partial charge >= 0.3 is 0 Å². The molecule has 1 amide bonds. The second kappa shape index (κ2) is 7.19. The Morgan fingerprint density at radius 2 is 1.85 bits per heavy atom. The van der Waals surface area contributed by atoms with Crippen LogP contribution in [0, 0.1) is 13.8 Å². The molecule has 6 nitrogen and oxygen atoms in total. The van der Waals surface area contributed by atoms with Crippen LogP contribution in [0.5, 0.6) is 0 Å². The number of hydrogen-bond donors (Lipinski definition) is 0. The van der Waals surface area contributed by atoms with Gasteiger partial charge in [0.15, 0.2) is 0 Å². The Kier molecular flexibility index (Phi) is 4.74. The van der Waals surface area contributed by atoms with Crippen molar-refractivity contribution in [3.8, 4) is 0 Å². The highest BCUT2D eigenvalue weighted by molar-refractivity contribution is 6.31. The van der Waals surface area contributed by atoms with Crippen LogP contribution in [-0.2, 0) is 11.3 Å². The predicted molar refractivity (Wildman–Crippen MR) is 107 cm³/mol. The van der Waals surface area contributed by atoms with E-state index in [2.05, 4.69) is 21.0 Å². The third-order valence-corrected chi connectivity index (χ3v) is 5.41. The van der Waals surface area contributed by atoms with E-state index in [9.17, 15) is 4.79 Å². The second-order valence-electron chi connectivity index (χ2n) is 6.98. The molecular weight excluding hydrogens is 362 g/mol. The number of aryl methyl sites for hydroxylation is 2. The number of benzene rings is 1. The van der Waals surface area contributed by atoms with Gasteiger partial charge in [-0.2, -0.15) is 5.10 Å². The van der Waals surface area contributed by atoms with E-state index < -0.39 is 0 Å². The number of fused-ring (bicyclic) bond motifs is 1. The third-order valence-electron chi connectivity index (χ3n) is 4.99. The van der Waals surface area contributed by atoms with E-state index in [0.717, 1.165) is 46.1 Å². The number of amides is 1. The molecule has 0 atom stereocenters. The van der Waals surface area contributed by atoms with Crippen molar-refractivity contribution >= 4 is 34.2 Å². The number of aromatic nitrogens is 3. The quantitative estimate of drug-likeness (QED) is 0.697. The van der Waals surface area contributed by atoms with Gasteiger partial charge in [-0.15, -0.1) is 0 Å². The first kappa shape index (κ1) is 17.8. The van der Waals surface area contributed by atoms with Crippen molar-refractivity contribution in [2.75, 3.05) is 31.1 Å². The van der Waals surface area contributed by atoms with Gasteiger partial charge in [0.2, 0.25) is 5.91 Å². The van der Waals surface area contributed by atoms with Gasteiger partial charge in [0, 0.05) is 42.6 Å². The van der Waals surface area contributed by atoms with Crippen molar-refractivity contribution in [1.82, 2.24) is 19.7 Å². The van der Waals surface area contributed by atoms with Crippen LogP contribution in [0.3, 0.4) is 0 Å². The van der Waals surface area contributed by atoms with E-state index in [1.807, 2.05) is 49.2 Å². The van der Waals surface area contributed by atoms with Gasteiger partial charge in [-0.25, -0.2) is 4.98 Å². The molecule has 1 saturated heterocycles. The smallest absolute Gasteiger partial charge is 0.244 e. The van der Waals surface area contributed by atoms with Gasteiger partial charge in [0.05, 0.1) is 6.20 Å². The molecule has 1 aliphatic rings. The van der Waals surface area contributed by atoms with E-state index in [1.165, 1.54) is 0 Å². The summed E-state index contributed by atoms with van der Waals surface area (Å²) in [4.78, 5) is 21.3. The van der Waals surface area contributed by atoms with E-state index >= 15 is 0 Å². The fraction of sp³-hybridized carbons (Fsp3) is 0.350. The number of nitrogens with zero attached hydrogens (tertiary/aromatic N) is 5. The first-order chi connectivity index (χ1) is 13.0. The van der Waals surface area contributed by atoms with E-state index in [0.29, 0.717) is 13.1 Å². The lowest BCUT2D eigenvalue weighted by atomic mass is 10.2. The van der Waals surface area contributed by atoms with Gasteiger partial charge in [0.1, 0.15) is 17.6 Å². The summed E-state index contributed by atoms with van der Waals surface area (Å²) in [5, 5.41) is 5.23. The number of rotatable bonds is 3. The van der Waals surface area contributed by atoms with Crippen LogP contribution in [0.2, 0.25) is 5.02 Å². The maximum absolute atomic E-state index is 12.7. The van der Waals surface area contributed by atoms with E-state index in [1.54, 1.807) is 4.68 Å². The van der Waals surface area contributed by atoms with Crippen LogP contribution in [0.4, 0.5) is 5.69 Å². The minimum Gasteiger partial charge on any atom is -0.368 e. The van der Waals surface area contributed by atoms with Gasteiger partial charge in [-0.05, 0) is 49.7 Å². The molecule has 2 aromatic heterocycles. The first-order valence-electron chi connectivity index (χ1n) is 9.09. The van der Waals surface area contributed by atoms with Crippen molar-refractivity contribution in [3.63, 3.8) is 0 Å². The Balaban J connectivity index is 1.38. The lowest BCUT2D eigenvalue weighted by molar-refractivity contribution is -0.132. The summed E-state index contributed by atoms with van der Waals surface area (Å²) >= 11 is 6.12. The zero-order valence-electron chi connectivity index (χ0n) is 15.5. The maximum atomic E-state index is 12.7. The molecule has 1 fully saturated rings. The molecule has 27 heavy (non-hydrogen) atoms. The van der Waals surface area contributed by atoms with Crippen LogP contribution in [0.15, 0.2) is 36.5 Å². The molecule has 0 saturated carbocycles. The summed E-state index contributed by atoms with van der Waals surface area (Å²) in [5.41, 5.74) is 4.81. The Bertz CT molecular complexity index is 991. The first-order valence-corrected chi connectivity index (χ1v) is 9.47. The van der Waals surface area contributed by atoms with Gasteiger partial charge < -0.3 is 9.80 Å². The monoisotopic (exact) mass is 383 g/mol. The number of carbonyl (C=O) groups excluding carboxylic acids is 1. The fourth-order valence-corrected chi connectivity index (χ4v) is 3.53. The lowest BCUT2D eigenvalue weighted by Gasteiger charge is -2.36. The number of hydrogen-bond acceptors (Lipinski definition) is 4. The molecule has 0 bridgehead atoms. The Morgan fingerprint density at radius 1 is 1.07 bits per heavy atom. The van der Waals surface area contributed by atoms with Gasteiger partial charge in [-0.1, -0.05) is 11.6 Å². The summed E-state index contributed by atoms with van der Waals surface area (Å²) in [6.07, 6.45) is 1.84. The number of anilines is 1. The predicted octanol–water partition coefficient (Wildman–Crippen LogP) is 3.05. The topological polar surface area (TPSA) is 54.3 Å². The maximum Gasteiger partial charge on any atom is 0.244 e. The molecule has 3 heterocycles. The molecule has 3 aromatic rings. The molecule has 1 aliphatic heterocycles. The number of pyridine rings is 1. The Hall–Kier alpha value is -2.60. The zero-order valence-corrected chi connectivity index (χ0v) is 16.3. The number of halogens is 1. The van der Waals surface area contributed by atoms with Crippen molar-refractivity contribution in [1.29, 1.82) is 0 Å². The Morgan fingerprint density at radius 3 is 2.59 bits per heavy atom. The molecule has 140 valence electrons. The normalized spacial score (nSPS) is 14.8. The van der Waals surface area contributed by atoms with E-state index in [-0.39, 0.29) is 12.5 Å². The summed E-state index contributed by atoms with van der Waals surface area (Å²) < 4.78 is 1.69. The standard InChI is InChI=1S/C20H22ClN5O/c1-14-11-16(4-5-17(14)21)24-7-9-25(10-8-24)20(27)13-26-12-19-18(23-26)6-3-15(2)22-19/h3-6,11-12H,7-10,13H2,1-2H3. The average Bonchev–Trinajstić information content (AvgIpc) is 3.05. The fourth-order valence-electron chi connectivity index (χ4n) is 3.42. The average molecular weight is 384 g/mol. The van der Waals surface area contributed by atoms with Crippen molar-refractivity contribution in [2.45, 2.75) is 20.4 Å². The van der Waals surface area contributed by atoms with Crippen LogP contribution in [0.25, 0.3) is 11.0 Å². The van der Waals surface area contributed by atoms with Crippen LogP contribution in [0.1, 0.15) is 11.3 Å². The van der Waals surface area contributed by atoms with Crippen LogP contribution >= 0.6 is 11.6 Å². The minimum atomic E-state index is 0.0893. The minimum absolute atomic E-state index is 0.0893. The molecule has 0 unspecified atom stereocenters. The Labute approximate surface area is 163 Å². The van der Waals surface area contributed by atoms with Gasteiger partial charge in [0.25, 0.3) is 0 Å². The SMILES string of the molecule is Cc1ccc2nn(CC(=O)N3CCN(c4ccc(Cl)c(C)c4)CC3)cc2n1.